The van der Waals surface area contributed by atoms with E-state index in [0.717, 1.165) is 16.7 Å². The molecule has 1 saturated heterocycles. The van der Waals surface area contributed by atoms with Crippen molar-refractivity contribution in [2.24, 2.45) is 11.7 Å². The summed E-state index contributed by atoms with van der Waals surface area (Å²) in [5.41, 5.74) is 6.04. The van der Waals surface area contributed by atoms with Crippen LogP contribution >= 0.6 is 11.8 Å². The molecule has 9 amide bonds. The van der Waals surface area contributed by atoms with Crippen LogP contribution in [0.4, 0.5) is 4.39 Å². The first-order chi connectivity index (χ1) is 30.3. The van der Waals surface area contributed by atoms with Crippen molar-refractivity contribution in [1.29, 1.82) is 0 Å². The third kappa shape index (κ3) is 11.7. The molecule has 25 heteroatoms. The van der Waals surface area contributed by atoms with Crippen molar-refractivity contribution in [2.75, 3.05) is 32.0 Å². The van der Waals surface area contributed by atoms with Crippen LogP contribution in [-0.4, -0.2) is 170 Å². The molecule has 23 nitrogen and oxygen atoms in total. The lowest BCUT2D eigenvalue weighted by molar-refractivity contribution is -0.144. The first-order valence-electron chi connectivity index (χ1n) is 20.6. The van der Waals surface area contributed by atoms with Gasteiger partial charge in [-0.2, -0.15) is 0 Å². The number of nitrogens with two attached hydrogens (primary N) is 1. The smallest absolute Gasteiger partial charge is 0.246 e. The number of phenols is 1. The average molecular weight is 921 g/mol. The van der Waals surface area contributed by atoms with E-state index >= 15 is 4.39 Å². The van der Waals surface area contributed by atoms with Crippen LogP contribution in [0.25, 0.3) is 10.9 Å². The molecule has 1 aromatic heterocycles. The van der Waals surface area contributed by atoms with Crippen molar-refractivity contribution < 1.29 is 68.0 Å². The Morgan fingerprint density at radius 3 is 2.20 bits per heavy atom. The number of aliphatic hydroxyl groups is 3. The number of hydrogen-bond donors (Lipinski definition) is 13. The summed E-state index contributed by atoms with van der Waals surface area (Å²) in [7, 11) is 0. The molecule has 3 aliphatic rings. The largest absolute Gasteiger partial charge is 0.508 e. The summed E-state index contributed by atoms with van der Waals surface area (Å²) in [6, 6.07) is -6.31. The predicted molar refractivity (Wildman–Crippen MR) is 222 cm³/mol. The minimum Gasteiger partial charge on any atom is -0.508 e. The van der Waals surface area contributed by atoms with Gasteiger partial charge >= 0.3 is 0 Å². The van der Waals surface area contributed by atoms with Gasteiger partial charge in [0.25, 0.3) is 0 Å². The average Bonchev–Trinajstić information content (AvgIpc) is 3.82. The van der Waals surface area contributed by atoms with E-state index in [0.29, 0.717) is 18.4 Å². The summed E-state index contributed by atoms with van der Waals surface area (Å²) in [6.07, 6.45) is -7.50. The second kappa shape index (κ2) is 21.6. The second-order valence-corrected chi connectivity index (χ2v) is 16.8. The number of aromatic amines is 1. The minimum absolute atomic E-state index is 0.198. The summed E-state index contributed by atoms with van der Waals surface area (Å²) in [4.78, 5) is 127. The first-order valence-corrected chi connectivity index (χ1v) is 21.5. The summed E-state index contributed by atoms with van der Waals surface area (Å²) in [5, 5.41) is 58.4. The molecular weight excluding hydrogens is 868 g/mol. The summed E-state index contributed by atoms with van der Waals surface area (Å²) in [5.74, 6) is -10.6. The Bertz CT molecular complexity index is 2140. The second-order valence-electron chi connectivity index (χ2n) is 15.7. The Hall–Kier alpha value is -6.05. The highest BCUT2D eigenvalue weighted by molar-refractivity contribution is 7.99. The van der Waals surface area contributed by atoms with Gasteiger partial charge in [-0.15, -0.1) is 11.8 Å². The molecule has 4 heterocycles. The van der Waals surface area contributed by atoms with Crippen LogP contribution in [0.1, 0.15) is 45.1 Å². The molecule has 2 bridgehead atoms. The van der Waals surface area contributed by atoms with E-state index < -0.39 is 159 Å². The molecule has 0 unspecified atom stereocenters. The van der Waals surface area contributed by atoms with Gasteiger partial charge in [0.2, 0.25) is 53.2 Å². The van der Waals surface area contributed by atoms with Crippen LogP contribution in [0, 0.1) is 5.92 Å². The summed E-state index contributed by atoms with van der Waals surface area (Å²) < 4.78 is 16.0. The third-order valence-corrected chi connectivity index (χ3v) is 12.4. The van der Waals surface area contributed by atoms with E-state index in [1.807, 2.05) is 0 Å². The number of aromatic nitrogens is 1. The standard InChI is InChI=1S/C39H53FN10O13S/c1-3-16(4-2)31-36(61)43-11-28(56)44-24-15-64-38-20(19-7-17(52)5-6-21(19)47-38)9-22(33(58)42-12-29(57)48-31)45-37(62)32(30(40)26(54)14-51)49-35(60)25-8-18(53)13-50(25)39(63)23(10-27(41)55)46-34(24)59/h5-7,16,18,22-26,30-32,47,51-54H,3-4,8-15H2,1-2H3,(H2,41,55)(H,42,58)(H,43,61)(H,44,56)(H,45,62)(H,46,59)(H,48,57)(H,49,60)/t18-,22-,23+,24+,25+,26+,30+,31+,32+/m1/s1. The number of aliphatic hydroxyl groups excluding tert-OH is 3. The molecule has 0 aliphatic carbocycles. The maximum atomic E-state index is 16.0. The Morgan fingerprint density at radius 2 is 1.55 bits per heavy atom. The third-order valence-electron chi connectivity index (χ3n) is 11.2. The number of carbonyl (C=O) groups is 9. The summed E-state index contributed by atoms with van der Waals surface area (Å²) >= 11 is 0.892. The number of halogens is 1. The molecule has 5 rings (SSSR count). The number of amides is 9. The molecule has 0 saturated carbocycles. The van der Waals surface area contributed by atoms with E-state index in [4.69, 9.17) is 5.73 Å². The van der Waals surface area contributed by atoms with Crippen molar-refractivity contribution in [3.8, 4) is 5.75 Å². The Kier molecular flexibility index (Phi) is 16.5. The molecular formula is C39H53FN10O13S. The van der Waals surface area contributed by atoms with Crippen LogP contribution in [0.5, 0.6) is 5.75 Å². The highest BCUT2D eigenvalue weighted by Gasteiger charge is 2.45. The number of phenolic OH excluding ortho intramolecular Hbond substituents is 1. The summed E-state index contributed by atoms with van der Waals surface area (Å²) in [6.45, 7) is 0.272. The number of nitrogens with one attached hydrogen (secondary N) is 8. The number of H-pyrrole nitrogens is 1. The van der Waals surface area contributed by atoms with Crippen LogP contribution in [0.15, 0.2) is 23.2 Å². The number of benzene rings is 1. The maximum absolute atomic E-state index is 16.0. The van der Waals surface area contributed by atoms with Crippen LogP contribution in [-0.2, 0) is 49.6 Å². The molecule has 1 fully saturated rings. The number of fused-ring (bicyclic) bond motifs is 5. The zero-order valence-corrected chi connectivity index (χ0v) is 35.7. The normalized spacial score (nSPS) is 26.9. The van der Waals surface area contributed by atoms with Crippen molar-refractivity contribution in [3.63, 3.8) is 0 Å². The highest BCUT2D eigenvalue weighted by Crippen LogP contribution is 2.34. The van der Waals surface area contributed by atoms with Gasteiger partial charge in [0.1, 0.15) is 48.1 Å². The van der Waals surface area contributed by atoms with Gasteiger partial charge in [-0.05, 0) is 29.7 Å². The fraction of sp³-hybridized carbons (Fsp3) is 0.564. The van der Waals surface area contributed by atoms with Gasteiger partial charge in [0.05, 0.1) is 37.2 Å². The van der Waals surface area contributed by atoms with E-state index in [1.165, 1.54) is 18.2 Å². The van der Waals surface area contributed by atoms with Crippen molar-refractivity contribution >= 4 is 75.8 Å². The Morgan fingerprint density at radius 1 is 0.875 bits per heavy atom. The number of hydrogen-bond acceptors (Lipinski definition) is 14. The van der Waals surface area contributed by atoms with Gasteiger partial charge in [0, 0.05) is 36.0 Å². The zero-order valence-electron chi connectivity index (χ0n) is 34.9. The van der Waals surface area contributed by atoms with Crippen LogP contribution in [0.2, 0.25) is 0 Å². The number of rotatable bonds is 8. The van der Waals surface area contributed by atoms with E-state index in [1.54, 1.807) is 13.8 Å². The lowest BCUT2D eigenvalue weighted by atomic mass is 9.93. The SMILES string of the molecule is CCC(CC)[C@@H]1NC(=O)CNC(=O)[C@H]2Cc3c([nH]c4ccc(O)cc34)SC[C@H](NC(=O)CNC1=O)C(=O)N[C@@H](CC(N)=O)C(=O)N1C[C@H](O)C[C@H]1C(=O)N[C@@H]([C@@H](F)[C@@H](O)CO)C(=O)N2. The highest BCUT2D eigenvalue weighted by atomic mass is 32.2. The molecule has 1 aromatic carbocycles. The molecule has 14 N–H and O–H groups in total. The first kappa shape index (κ1) is 49.0. The number of thioether (sulfide) groups is 1. The van der Waals surface area contributed by atoms with Crippen molar-refractivity contribution in [2.45, 2.75) is 106 Å². The minimum atomic E-state index is -2.76. The Labute approximate surface area is 368 Å². The topological polar surface area (TPSA) is 364 Å². The zero-order chi connectivity index (χ0) is 47.0. The lowest BCUT2D eigenvalue weighted by Crippen LogP contribution is -2.63. The van der Waals surface area contributed by atoms with Crippen molar-refractivity contribution in [1.82, 2.24) is 47.1 Å². The van der Waals surface area contributed by atoms with Gasteiger partial charge in [-0.25, -0.2) is 4.39 Å². The van der Waals surface area contributed by atoms with Gasteiger partial charge in [0.15, 0.2) is 6.17 Å². The number of carbonyl (C=O) groups excluding carboxylic acids is 9. The molecule has 3 aliphatic heterocycles. The Balaban J connectivity index is 1.71. The quantitative estimate of drug-likeness (QED) is 0.118. The van der Waals surface area contributed by atoms with Crippen LogP contribution < -0.4 is 43.0 Å². The van der Waals surface area contributed by atoms with Gasteiger partial charge in [-0.3, -0.25) is 43.2 Å². The molecule has 2 aromatic rings. The lowest BCUT2D eigenvalue weighted by Gasteiger charge is -2.31. The molecule has 0 radical (unpaired) electrons. The van der Waals surface area contributed by atoms with Gasteiger partial charge in [-0.1, -0.05) is 26.7 Å². The molecule has 0 spiro atoms. The number of nitrogens with zero attached hydrogens (tertiary/aromatic N) is 1. The molecule has 9 atom stereocenters. The number of primary amides is 1. The molecule has 350 valence electrons. The van der Waals surface area contributed by atoms with E-state index in [2.05, 4.69) is 42.2 Å². The molecule has 64 heavy (non-hydrogen) atoms. The van der Waals surface area contributed by atoms with Crippen LogP contribution in [0.3, 0.4) is 0 Å². The van der Waals surface area contributed by atoms with E-state index in [-0.39, 0.29) is 27.5 Å². The van der Waals surface area contributed by atoms with Gasteiger partial charge < -0.3 is 73.3 Å². The monoisotopic (exact) mass is 920 g/mol. The predicted octanol–water partition coefficient (Wildman–Crippen LogP) is -4.84. The number of alkyl halides is 1. The fourth-order valence-corrected chi connectivity index (χ4v) is 8.92. The van der Waals surface area contributed by atoms with E-state index in [9.17, 15) is 63.6 Å². The van der Waals surface area contributed by atoms with Crippen molar-refractivity contribution in [3.05, 3.63) is 23.8 Å². The maximum Gasteiger partial charge on any atom is 0.246 e. The number of aromatic hydroxyl groups is 1. The fourth-order valence-electron chi connectivity index (χ4n) is 7.80.